The molecule has 1 heterocycles. The summed E-state index contributed by atoms with van der Waals surface area (Å²) < 4.78 is 4.96. The fourth-order valence-corrected chi connectivity index (χ4v) is 2.24. The Labute approximate surface area is 138 Å². The van der Waals surface area contributed by atoms with Gasteiger partial charge in [-0.25, -0.2) is 0 Å². The van der Waals surface area contributed by atoms with E-state index in [9.17, 15) is 9.59 Å². The number of nitrogens with zero attached hydrogens (tertiary/aromatic N) is 2. The third-order valence-corrected chi connectivity index (χ3v) is 3.44. The van der Waals surface area contributed by atoms with E-state index in [1.807, 2.05) is 0 Å². The van der Waals surface area contributed by atoms with Crippen molar-refractivity contribution in [1.29, 1.82) is 0 Å². The fraction of sp³-hybridized carbons (Fsp3) is 0.111. The van der Waals surface area contributed by atoms with Crippen molar-refractivity contribution in [1.82, 2.24) is 10.1 Å². The van der Waals surface area contributed by atoms with Gasteiger partial charge in [0.2, 0.25) is 11.7 Å². The molecule has 120 valence electrons. The zero-order valence-corrected chi connectivity index (χ0v) is 13.2. The molecule has 3 rings (SSSR count). The number of ketones is 1. The van der Waals surface area contributed by atoms with E-state index in [1.54, 1.807) is 55.5 Å². The molecule has 3 aromatic rings. The summed E-state index contributed by atoms with van der Waals surface area (Å²) in [5.74, 6) is 0.556. The van der Waals surface area contributed by atoms with Crippen molar-refractivity contribution in [3.05, 3.63) is 65.5 Å². The molecule has 6 nitrogen and oxygen atoms in total. The van der Waals surface area contributed by atoms with Crippen molar-refractivity contribution in [3.63, 3.8) is 0 Å². The van der Waals surface area contributed by atoms with Crippen LogP contribution < -0.4 is 5.32 Å². The summed E-state index contributed by atoms with van der Waals surface area (Å²) in [6.45, 7) is 3.19. The Morgan fingerprint density at radius 2 is 1.79 bits per heavy atom. The van der Waals surface area contributed by atoms with Crippen LogP contribution in [0.2, 0.25) is 0 Å². The van der Waals surface area contributed by atoms with Crippen LogP contribution in [0.5, 0.6) is 0 Å². The van der Waals surface area contributed by atoms with Crippen molar-refractivity contribution in [3.8, 4) is 11.4 Å². The van der Waals surface area contributed by atoms with Crippen LogP contribution in [-0.4, -0.2) is 21.8 Å². The quantitative estimate of drug-likeness (QED) is 0.743. The van der Waals surface area contributed by atoms with Crippen molar-refractivity contribution >= 4 is 17.4 Å². The average Bonchev–Trinajstić information content (AvgIpc) is 3.02. The van der Waals surface area contributed by atoms with Gasteiger partial charge >= 0.3 is 0 Å². The van der Waals surface area contributed by atoms with E-state index in [1.165, 1.54) is 6.92 Å². The van der Waals surface area contributed by atoms with Gasteiger partial charge < -0.3 is 9.84 Å². The molecule has 0 aliphatic rings. The van der Waals surface area contributed by atoms with Crippen LogP contribution >= 0.6 is 0 Å². The lowest BCUT2D eigenvalue weighted by molar-refractivity contribution is 0.101. The molecule has 1 amide bonds. The molecular weight excluding hydrogens is 306 g/mol. The maximum absolute atomic E-state index is 12.4. The van der Waals surface area contributed by atoms with Crippen LogP contribution in [-0.2, 0) is 0 Å². The first-order valence-corrected chi connectivity index (χ1v) is 7.36. The molecule has 0 aliphatic heterocycles. The lowest BCUT2D eigenvalue weighted by Crippen LogP contribution is -2.12. The van der Waals surface area contributed by atoms with Crippen molar-refractivity contribution in [2.45, 2.75) is 13.8 Å². The Balaban J connectivity index is 1.83. The number of carbonyl (C=O) groups is 2. The average molecular weight is 321 g/mol. The van der Waals surface area contributed by atoms with E-state index in [0.29, 0.717) is 34.1 Å². The van der Waals surface area contributed by atoms with E-state index in [2.05, 4.69) is 15.5 Å². The molecule has 0 saturated heterocycles. The second-order valence-electron chi connectivity index (χ2n) is 5.31. The number of hydrogen-bond donors (Lipinski definition) is 1. The Morgan fingerprint density at radius 1 is 1.04 bits per heavy atom. The number of carbonyl (C=O) groups excluding carboxylic acids is 2. The molecule has 6 heteroatoms. The number of benzene rings is 2. The molecule has 2 aromatic carbocycles. The van der Waals surface area contributed by atoms with E-state index in [4.69, 9.17) is 4.52 Å². The van der Waals surface area contributed by atoms with Crippen molar-refractivity contribution in [2.24, 2.45) is 0 Å². The van der Waals surface area contributed by atoms with Gasteiger partial charge in [0.05, 0.1) is 0 Å². The summed E-state index contributed by atoms with van der Waals surface area (Å²) in [6, 6.07) is 13.7. The third kappa shape index (κ3) is 3.38. The fourth-order valence-electron chi connectivity index (χ4n) is 2.24. The van der Waals surface area contributed by atoms with E-state index >= 15 is 0 Å². The van der Waals surface area contributed by atoms with Crippen molar-refractivity contribution < 1.29 is 14.1 Å². The lowest BCUT2D eigenvalue weighted by atomic mass is 10.1. The van der Waals surface area contributed by atoms with Gasteiger partial charge in [0.15, 0.2) is 5.78 Å². The first kappa shape index (κ1) is 15.6. The SMILES string of the molecule is CC(=O)c1cccc(NC(=O)c2cccc(-c3noc(C)n3)c2)c1. The monoisotopic (exact) mass is 321 g/mol. The second-order valence-corrected chi connectivity index (χ2v) is 5.31. The summed E-state index contributed by atoms with van der Waals surface area (Å²) >= 11 is 0. The van der Waals surface area contributed by atoms with Gasteiger partial charge in [-0.15, -0.1) is 0 Å². The summed E-state index contributed by atoms with van der Waals surface area (Å²) in [5.41, 5.74) is 2.26. The summed E-state index contributed by atoms with van der Waals surface area (Å²) in [7, 11) is 0. The van der Waals surface area contributed by atoms with Crippen LogP contribution in [0.4, 0.5) is 5.69 Å². The minimum Gasteiger partial charge on any atom is -0.339 e. The first-order valence-electron chi connectivity index (χ1n) is 7.36. The molecule has 0 saturated carbocycles. The Kier molecular flexibility index (Phi) is 4.20. The molecule has 24 heavy (non-hydrogen) atoms. The van der Waals surface area contributed by atoms with Crippen LogP contribution in [0.1, 0.15) is 33.5 Å². The van der Waals surface area contributed by atoms with Gasteiger partial charge in [0.1, 0.15) is 0 Å². The molecule has 0 spiro atoms. The number of aryl methyl sites for hydroxylation is 1. The van der Waals surface area contributed by atoms with Gasteiger partial charge in [-0.3, -0.25) is 9.59 Å². The predicted octanol–water partition coefficient (Wildman–Crippen LogP) is 3.50. The predicted molar refractivity (Wildman–Crippen MR) is 88.9 cm³/mol. The highest BCUT2D eigenvalue weighted by Crippen LogP contribution is 2.18. The smallest absolute Gasteiger partial charge is 0.255 e. The maximum atomic E-state index is 12.4. The molecule has 1 N–H and O–H groups in total. The second kappa shape index (κ2) is 6.45. The van der Waals surface area contributed by atoms with Crippen LogP contribution in [0.25, 0.3) is 11.4 Å². The number of rotatable bonds is 4. The van der Waals surface area contributed by atoms with Crippen LogP contribution in [0, 0.1) is 6.92 Å². The molecule has 0 aliphatic carbocycles. The molecule has 0 bridgehead atoms. The molecule has 0 fully saturated rings. The van der Waals surface area contributed by atoms with Gasteiger partial charge in [0.25, 0.3) is 5.91 Å². The van der Waals surface area contributed by atoms with E-state index in [0.717, 1.165) is 0 Å². The number of hydrogen-bond acceptors (Lipinski definition) is 5. The van der Waals surface area contributed by atoms with Crippen LogP contribution in [0.15, 0.2) is 53.1 Å². The zero-order valence-electron chi connectivity index (χ0n) is 13.2. The topological polar surface area (TPSA) is 85.1 Å². The van der Waals surface area contributed by atoms with Gasteiger partial charge in [-0.1, -0.05) is 29.4 Å². The molecule has 1 aromatic heterocycles. The van der Waals surface area contributed by atoms with Crippen molar-refractivity contribution in [2.75, 3.05) is 5.32 Å². The van der Waals surface area contributed by atoms with Crippen LogP contribution in [0.3, 0.4) is 0 Å². The molecule has 0 radical (unpaired) electrons. The van der Waals surface area contributed by atoms with Gasteiger partial charge in [0, 0.05) is 29.3 Å². The zero-order chi connectivity index (χ0) is 17.1. The number of amides is 1. The largest absolute Gasteiger partial charge is 0.339 e. The minimum absolute atomic E-state index is 0.0550. The number of nitrogens with one attached hydrogen (secondary N) is 1. The molecular formula is C18H15N3O3. The standard InChI is InChI=1S/C18H15N3O3/c1-11(22)13-5-4-8-16(10-13)20-18(23)15-7-3-6-14(9-15)17-19-12(2)24-21-17/h3-10H,1-2H3,(H,20,23). The Bertz CT molecular complexity index is 915. The highest BCUT2D eigenvalue weighted by molar-refractivity contribution is 6.05. The highest BCUT2D eigenvalue weighted by Gasteiger charge is 2.11. The number of aromatic nitrogens is 2. The summed E-state index contributed by atoms with van der Waals surface area (Å²) in [4.78, 5) is 28.0. The maximum Gasteiger partial charge on any atom is 0.255 e. The summed E-state index contributed by atoms with van der Waals surface area (Å²) in [5, 5.41) is 6.63. The molecule has 0 unspecified atom stereocenters. The molecule has 0 atom stereocenters. The third-order valence-electron chi connectivity index (χ3n) is 3.44. The first-order chi connectivity index (χ1) is 11.5. The Morgan fingerprint density at radius 3 is 2.50 bits per heavy atom. The summed E-state index contributed by atoms with van der Waals surface area (Å²) in [6.07, 6.45) is 0. The number of anilines is 1. The highest BCUT2D eigenvalue weighted by atomic mass is 16.5. The number of Topliss-reactive ketones (excluding diaryl/α,β-unsaturated/α-hetero) is 1. The van der Waals surface area contributed by atoms with E-state index < -0.39 is 0 Å². The van der Waals surface area contributed by atoms with Gasteiger partial charge in [-0.05, 0) is 31.2 Å². The Hall–Kier alpha value is -3.28. The minimum atomic E-state index is -0.280. The van der Waals surface area contributed by atoms with Gasteiger partial charge in [-0.2, -0.15) is 4.98 Å². The van der Waals surface area contributed by atoms with E-state index in [-0.39, 0.29) is 11.7 Å². The lowest BCUT2D eigenvalue weighted by Gasteiger charge is -2.07. The normalized spacial score (nSPS) is 10.4.